The summed E-state index contributed by atoms with van der Waals surface area (Å²) in [5, 5.41) is 2.57. The Bertz CT molecular complexity index is 800. The smallest absolute Gasteiger partial charge is 0.406 e. The molecule has 0 spiro atoms. The number of rotatable bonds is 3. The minimum absolute atomic E-state index is 0.218. The SMILES string of the molecule is CC1(C)[C@]2(C(=O)Nc3ccc(OC(F)(F)F)cc3)CC[C@]1(C)C(=O)C2=O. The number of anilines is 1. The summed E-state index contributed by atoms with van der Waals surface area (Å²) >= 11 is 0. The van der Waals surface area contributed by atoms with Crippen LogP contribution in [0.4, 0.5) is 18.9 Å². The molecule has 2 fully saturated rings. The van der Waals surface area contributed by atoms with Crippen LogP contribution in [0.1, 0.15) is 33.6 Å². The maximum absolute atomic E-state index is 12.9. The number of hydrogen-bond acceptors (Lipinski definition) is 4. The van der Waals surface area contributed by atoms with Crippen molar-refractivity contribution >= 4 is 23.2 Å². The third-order valence-electron chi connectivity index (χ3n) is 6.27. The van der Waals surface area contributed by atoms with Crippen LogP contribution in [0.15, 0.2) is 24.3 Å². The summed E-state index contributed by atoms with van der Waals surface area (Å²) in [5.41, 5.74) is -2.97. The van der Waals surface area contributed by atoms with Gasteiger partial charge in [-0.1, -0.05) is 20.8 Å². The van der Waals surface area contributed by atoms with Crippen molar-refractivity contribution < 1.29 is 32.3 Å². The first kappa shape index (κ1) is 18.4. The summed E-state index contributed by atoms with van der Waals surface area (Å²) in [5.74, 6) is -2.25. The Hall–Kier alpha value is -2.38. The number of benzene rings is 1. The molecule has 1 aromatic rings. The van der Waals surface area contributed by atoms with Crippen LogP contribution >= 0.6 is 0 Å². The van der Waals surface area contributed by atoms with Gasteiger partial charge in [-0.2, -0.15) is 0 Å². The highest BCUT2D eigenvalue weighted by Gasteiger charge is 2.77. The van der Waals surface area contributed by atoms with E-state index in [4.69, 9.17) is 0 Å². The number of Topliss-reactive ketones (excluding diaryl/α,β-unsaturated/α-hetero) is 2. The number of hydrogen-bond donors (Lipinski definition) is 1. The molecule has 2 saturated carbocycles. The molecule has 0 radical (unpaired) electrons. The quantitative estimate of drug-likeness (QED) is 0.654. The molecule has 8 heteroatoms. The topological polar surface area (TPSA) is 72.5 Å². The van der Waals surface area contributed by atoms with Crippen LogP contribution in [-0.4, -0.2) is 23.8 Å². The Morgan fingerprint density at radius 2 is 1.62 bits per heavy atom. The highest BCUT2D eigenvalue weighted by atomic mass is 19.4. The van der Waals surface area contributed by atoms with Crippen LogP contribution in [-0.2, 0) is 14.4 Å². The van der Waals surface area contributed by atoms with E-state index in [0.29, 0.717) is 6.42 Å². The minimum atomic E-state index is -4.81. The summed E-state index contributed by atoms with van der Waals surface area (Å²) in [4.78, 5) is 37.9. The van der Waals surface area contributed by atoms with Gasteiger partial charge in [0.05, 0.1) is 0 Å². The number of ketones is 2. The Morgan fingerprint density at radius 3 is 2.08 bits per heavy atom. The molecule has 140 valence electrons. The lowest BCUT2D eigenvalue weighted by Gasteiger charge is -2.37. The molecule has 2 aliphatic rings. The fourth-order valence-electron chi connectivity index (χ4n) is 4.25. The van der Waals surface area contributed by atoms with Crippen molar-refractivity contribution in [3.05, 3.63) is 24.3 Å². The Kier molecular flexibility index (Phi) is 3.76. The van der Waals surface area contributed by atoms with Crippen LogP contribution < -0.4 is 10.1 Å². The molecule has 0 aliphatic heterocycles. The molecule has 3 rings (SSSR count). The zero-order valence-corrected chi connectivity index (χ0v) is 14.5. The molecule has 0 heterocycles. The molecule has 0 saturated heterocycles. The summed E-state index contributed by atoms with van der Waals surface area (Å²) < 4.78 is 40.4. The number of alkyl halides is 3. The third-order valence-corrected chi connectivity index (χ3v) is 6.27. The molecule has 1 aromatic carbocycles. The monoisotopic (exact) mass is 369 g/mol. The molecule has 1 N–H and O–H groups in total. The van der Waals surface area contributed by atoms with Crippen LogP contribution in [0.25, 0.3) is 0 Å². The van der Waals surface area contributed by atoms with Gasteiger partial charge in [-0.3, -0.25) is 14.4 Å². The van der Waals surface area contributed by atoms with E-state index in [1.807, 2.05) is 0 Å². The summed E-state index contributed by atoms with van der Waals surface area (Å²) in [7, 11) is 0. The van der Waals surface area contributed by atoms with Crippen molar-refractivity contribution in [1.82, 2.24) is 0 Å². The molecule has 5 nitrogen and oxygen atoms in total. The minimum Gasteiger partial charge on any atom is -0.406 e. The van der Waals surface area contributed by atoms with Gasteiger partial charge in [-0.25, -0.2) is 0 Å². The maximum atomic E-state index is 12.9. The average molecular weight is 369 g/mol. The Balaban J connectivity index is 1.85. The van der Waals surface area contributed by atoms with Crippen LogP contribution in [0.5, 0.6) is 5.75 Å². The molecule has 2 aliphatic carbocycles. The van der Waals surface area contributed by atoms with Gasteiger partial charge in [-0.05, 0) is 42.5 Å². The van der Waals surface area contributed by atoms with Gasteiger partial charge in [0, 0.05) is 11.1 Å². The van der Waals surface area contributed by atoms with E-state index in [0.717, 1.165) is 12.1 Å². The van der Waals surface area contributed by atoms with Gasteiger partial charge in [0.25, 0.3) is 0 Å². The van der Waals surface area contributed by atoms with E-state index in [2.05, 4.69) is 10.1 Å². The molecule has 2 atom stereocenters. The van der Waals surface area contributed by atoms with Crippen molar-refractivity contribution in [2.75, 3.05) is 5.32 Å². The van der Waals surface area contributed by atoms with Crippen LogP contribution in [0.2, 0.25) is 0 Å². The van der Waals surface area contributed by atoms with E-state index < -0.39 is 45.8 Å². The van der Waals surface area contributed by atoms with Gasteiger partial charge < -0.3 is 10.1 Å². The van der Waals surface area contributed by atoms with Crippen molar-refractivity contribution in [2.24, 2.45) is 16.2 Å². The first-order chi connectivity index (χ1) is 11.8. The van der Waals surface area contributed by atoms with Gasteiger partial charge in [0.15, 0.2) is 0 Å². The van der Waals surface area contributed by atoms with Crippen LogP contribution in [0, 0.1) is 16.2 Å². The molecule has 2 bridgehead atoms. The lowest BCUT2D eigenvalue weighted by atomic mass is 9.64. The second-order valence-corrected chi connectivity index (χ2v) is 7.55. The number of carbonyl (C=O) groups excluding carboxylic acids is 3. The number of nitrogens with one attached hydrogen (secondary N) is 1. The Morgan fingerprint density at radius 1 is 1.04 bits per heavy atom. The van der Waals surface area contributed by atoms with Gasteiger partial charge >= 0.3 is 6.36 Å². The summed E-state index contributed by atoms with van der Waals surface area (Å²) in [6.45, 7) is 5.18. The van der Waals surface area contributed by atoms with Crippen molar-refractivity contribution in [3.8, 4) is 5.75 Å². The van der Waals surface area contributed by atoms with Gasteiger partial charge in [0.1, 0.15) is 11.2 Å². The highest BCUT2D eigenvalue weighted by molar-refractivity contribution is 6.49. The van der Waals surface area contributed by atoms with Crippen molar-refractivity contribution in [2.45, 2.75) is 40.0 Å². The lowest BCUT2D eigenvalue weighted by Crippen LogP contribution is -2.47. The van der Waals surface area contributed by atoms with E-state index in [1.165, 1.54) is 12.1 Å². The highest BCUT2D eigenvalue weighted by Crippen LogP contribution is 2.69. The molecular weight excluding hydrogens is 351 g/mol. The molecular formula is C18H18F3NO4. The largest absolute Gasteiger partial charge is 0.573 e. The van der Waals surface area contributed by atoms with Gasteiger partial charge in [0.2, 0.25) is 17.5 Å². The molecule has 0 unspecified atom stereocenters. The first-order valence-corrected chi connectivity index (χ1v) is 8.12. The average Bonchev–Trinajstić information content (AvgIpc) is 2.80. The molecule has 1 amide bonds. The predicted molar refractivity (Wildman–Crippen MR) is 85.3 cm³/mol. The molecule has 0 aromatic heterocycles. The zero-order valence-electron chi connectivity index (χ0n) is 14.5. The predicted octanol–water partition coefficient (Wildman–Crippen LogP) is 3.49. The first-order valence-electron chi connectivity index (χ1n) is 8.12. The zero-order chi connectivity index (χ0) is 19.5. The van der Waals surface area contributed by atoms with Crippen LogP contribution in [0.3, 0.4) is 0 Å². The maximum Gasteiger partial charge on any atom is 0.573 e. The van der Waals surface area contributed by atoms with E-state index in [-0.39, 0.29) is 12.1 Å². The standard InChI is InChI=1S/C18H18F3NO4/c1-15(2)16(3)8-9-17(15,13(24)12(16)23)14(25)22-10-4-6-11(7-5-10)26-18(19,20)21/h4-7H,8-9H2,1-3H3,(H,22,25)/t16-,17-/m1/s1. The number of halogens is 3. The normalized spacial score (nSPS) is 29.8. The van der Waals surface area contributed by atoms with Gasteiger partial charge in [-0.15, -0.1) is 13.2 Å². The number of ether oxygens (including phenoxy) is 1. The van der Waals surface area contributed by atoms with E-state index >= 15 is 0 Å². The lowest BCUT2D eigenvalue weighted by molar-refractivity contribution is -0.274. The molecule has 26 heavy (non-hydrogen) atoms. The number of fused-ring (bicyclic) bond motifs is 2. The van der Waals surface area contributed by atoms with E-state index in [1.54, 1.807) is 20.8 Å². The summed E-state index contributed by atoms with van der Waals surface area (Å²) in [6.07, 6.45) is -4.10. The summed E-state index contributed by atoms with van der Waals surface area (Å²) in [6, 6.07) is 4.62. The third kappa shape index (κ3) is 2.27. The number of carbonyl (C=O) groups is 3. The van der Waals surface area contributed by atoms with Crippen molar-refractivity contribution in [3.63, 3.8) is 0 Å². The Labute approximate surface area is 147 Å². The second kappa shape index (κ2) is 5.31. The van der Waals surface area contributed by atoms with E-state index in [9.17, 15) is 27.6 Å². The van der Waals surface area contributed by atoms with Crippen molar-refractivity contribution in [1.29, 1.82) is 0 Å². The number of amides is 1. The fourth-order valence-corrected chi connectivity index (χ4v) is 4.25. The second-order valence-electron chi connectivity index (χ2n) is 7.55. The fraction of sp³-hybridized carbons (Fsp3) is 0.500.